The fraction of sp³-hybridized carbons (Fsp3) is 0.357. The molecule has 0 aliphatic heterocycles. The lowest BCUT2D eigenvalue weighted by molar-refractivity contribution is -0.137. The van der Waals surface area contributed by atoms with Crippen molar-refractivity contribution in [3.63, 3.8) is 0 Å². The van der Waals surface area contributed by atoms with Gasteiger partial charge in [0.25, 0.3) is 0 Å². The van der Waals surface area contributed by atoms with Crippen LogP contribution >= 0.6 is 0 Å². The molecule has 0 bridgehead atoms. The summed E-state index contributed by atoms with van der Waals surface area (Å²) in [6.07, 6.45) is -3.96. The van der Waals surface area contributed by atoms with Crippen molar-refractivity contribution >= 4 is 5.91 Å². The Balaban J connectivity index is 2.78. The van der Waals surface area contributed by atoms with Gasteiger partial charge in [0.15, 0.2) is 0 Å². The second-order valence-electron chi connectivity index (χ2n) is 4.06. The van der Waals surface area contributed by atoms with E-state index < -0.39 is 11.7 Å². The molecule has 5 heteroatoms. The number of hydrogen-bond donors (Lipinski definition) is 1. The third-order valence-electron chi connectivity index (χ3n) is 2.41. The highest BCUT2D eigenvalue weighted by Gasteiger charge is 2.30. The van der Waals surface area contributed by atoms with E-state index in [-0.39, 0.29) is 5.91 Å². The summed E-state index contributed by atoms with van der Waals surface area (Å²) in [5.74, 6) is 5.29. The highest BCUT2D eigenvalue weighted by Crippen LogP contribution is 2.30. The Morgan fingerprint density at radius 2 is 2.05 bits per heavy atom. The van der Waals surface area contributed by atoms with Crippen molar-refractivity contribution in [1.29, 1.82) is 0 Å². The number of benzene rings is 1. The van der Waals surface area contributed by atoms with Crippen LogP contribution in [-0.4, -0.2) is 12.5 Å². The van der Waals surface area contributed by atoms with Crippen molar-refractivity contribution in [1.82, 2.24) is 5.32 Å². The van der Waals surface area contributed by atoms with E-state index in [1.54, 1.807) is 6.92 Å². The monoisotopic (exact) mass is 269 g/mol. The lowest BCUT2D eigenvalue weighted by Gasteiger charge is -2.08. The Morgan fingerprint density at radius 3 is 2.63 bits per heavy atom. The first-order chi connectivity index (χ1) is 8.80. The first kappa shape index (κ1) is 15.1. The molecule has 0 aliphatic rings. The zero-order valence-electron chi connectivity index (χ0n) is 10.7. The highest BCUT2D eigenvalue weighted by atomic mass is 19.4. The van der Waals surface area contributed by atoms with Crippen LogP contribution < -0.4 is 5.32 Å². The smallest absolute Gasteiger partial charge is 0.355 e. The number of aryl methyl sites for hydroxylation is 1. The minimum Gasteiger partial charge on any atom is -0.355 e. The highest BCUT2D eigenvalue weighted by molar-refractivity contribution is 5.72. The van der Waals surface area contributed by atoms with E-state index in [2.05, 4.69) is 17.2 Å². The SMILES string of the molecule is CC(=O)NCCC#Cc1cc(C(F)(F)F)ccc1C. The molecule has 2 nitrogen and oxygen atoms in total. The topological polar surface area (TPSA) is 29.1 Å². The van der Waals surface area contributed by atoms with E-state index in [4.69, 9.17) is 0 Å². The summed E-state index contributed by atoms with van der Waals surface area (Å²) in [7, 11) is 0. The maximum atomic E-state index is 12.5. The van der Waals surface area contributed by atoms with Gasteiger partial charge in [-0.2, -0.15) is 13.2 Å². The van der Waals surface area contributed by atoms with Crippen LogP contribution in [0.2, 0.25) is 0 Å². The van der Waals surface area contributed by atoms with Crippen molar-refractivity contribution in [2.24, 2.45) is 0 Å². The molecule has 102 valence electrons. The van der Waals surface area contributed by atoms with Gasteiger partial charge in [0.05, 0.1) is 5.56 Å². The van der Waals surface area contributed by atoms with Gasteiger partial charge < -0.3 is 5.32 Å². The van der Waals surface area contributed by atoms with Crippen molar-refractivity contribution in [2.45, 2.75) is 26.4 Å². The van der Waals surface area contributed by atoms with Crippen molar-refractivity contribution in [3.05, 3.63) is 34.9 Å². The second-order valence-corrected chi connectivity index (χ2v) is 4.06. The van der Waals surface area contributed by atoms with Crippen molar-refractivity contribution in [3.8, 4) is 11.8 Å². The van der Waals surface area contributed by atoms with E-state index >= 15 is 0 Å². The van der Waals surface area contributed by atoms with Crippen LogP contribution in [0.5, 0.6) is 0 Å². The Morgan fingerprint density at radius 1 is 1.37 bits per heavy atom. The molecule has 1 amide bonds. The first-order valence-corrected chi connectivity index (χ1v) is 5.72. The Kier molecular flexibility index (Phi) is 4.99. The number of carbonyl (C=O) groups is 1. The summed E-state index contributed by atoms with van der Waals surface area (Å²) in [6.45, 7) is 3.49. The normalized spacial score (nSPS) is 10.6. The molecule has 19 heavy (non-hydrogen) atoms. The van der Waals surface area contributed by atoms with Crippen LogP contribution in [0.1, 0.15) is 30.0 Å². The predicted molar refractivity (Wildman–Crippen MR) is 66.4 cm³/mol. The van der Waals surface area contributed by atoms with Gasteiger partial charge >= 0.3 is 6.18 Å². The number of hydrogen-bond acceptors (Lipinski definition) is 1. The molecule has 0 radical (unpaired) electrons. The predicted octanol–water partition coefficient (Wildman–Crippen LogP) is 2.89. The fourth-order valence-corrected chi connectivity index (χ4v) is 1.39. The fourth-order valence-electron chi connectivity index (χ4n) is 1.39. The van der Waals surface area contributed by atoms with Gasteiger partial charge in [-0.15, -0.1) is 0 Å². The third kappa shape index (κ3) is 5.04. The number of amides is 1. The molecule has 0 aliphatic carbocycles. The summed E-state index contributed by atoms with van der Waals surface area (Å²) >= 11 is 0. The van der Waals surface area contributed by atoms with Crippen molar-refractivity contribution in [2.75, 3.05) is 6.54 Å². The molecule has 1 rings (SSSR count). The van der Waals surface area contributed by atoms with Gasteiger partial charge in [0, 0.05) is 25.5 Å². The molecule has 0 unspecified atom stereocenters. The number of alkyl halides is 3. The third-order valence-corrected chi connectivity index (χ3v) is 2.41. The molecule has 0 aromatic heterocycles. The maximum absolute atomic E-state index is 12.5. The minimum absolute atomic E-state index is 0.156. The van der Waals surface area contributed by atoms with Gasteiger partial charge in [-0.05, 0) is 24.6 Å². The second kappa shape index (κ2) is 6.28. The Hall–Kier alpha value is -1.96. The van der Waals surface area contributed by atoms with Crippen LogP contribution in [0, 0.1) is 18.8 Å². The zero-order chi connectivity index (χ0) is 14.5. The molecule has 1 aromatic carbocycles. The average Bonchev–Trinajstić information content (AvgIpc) is 2.29. The molecule has 0 heterocycles. The molecule has 0 fully saturated rings. The summed E-state index contributed by atoms with van der Waals surface area (Å²) in [4.78, 5) is 10.6. The Bertz CT molecular complexity index is 524. The molecule has 1 aromatic rings. The van der Waals surface area contributed by atoms with Gasteiger partial charge in [0.1, 0.15) is 0 Å². The Labute approximate surface area is 110 Å². The molecule has 0 saturated heterocycles. The molecule has 0 saturated carbocycles. The van der Waals surface area contributed by atoms with Gasteiger partial charge in [-0.3, -0.25) is 4.79 Å². The minimum atomic E-state index is -4.36. The van der Waals surface area contributed by atoms with Crippen LogP contribution in [0.3, 0.4) is 0 Å². The number of rotatable bonds is 2. The summed E-state index contributed by atoms with van der Waals surface area (Å²) < 4.78 is 37.6. The molecule has 0 atom stereocenters. The van der Waals surface area contributed by atoms with E-state index in [1.165, 1.54) is 13.0 Å². The lowest BCUT2D eigenvalue weighted by Crippen LogP contribution is -2.20. The molecular weight excluding hydrogens is 255 g/mol. The van der Waals surface area contributed by atoms with Crippen LogP contribution in [0.25, 0.3) is 0 Å². The quantitative estimate of drug-likeness (QED) is 0.649. The van der Waals surface area contributed by atoms with Crippen LogP contribution in [0.4, 0.5) is 13.2 Å². The number of nitrogens with one attached hydrogen (secondary N) is 1. The molecule has 1 N–H and O–H groups in total. The van der Waals surface area contributed by atoms with Gasteiger partial charge in [0.2, 0.25) is 5.91 Å². The lowest BCUT2D eigenvalue weighted by atomic mass is 10.0. The van der Waals surface area contributed by atoms with Crippen LogP contribution in [0.15, 0.2) is 18.2 Å². The number of halogens is 3. The largest absolute Gasteiger partial charge is 0.416 e. The van der Waals surface area contributed by atoms with E-state index in [9.17, 15) is 18.0 Å². The first-order valence-electron chi connectivity index (χ1n) is 5.72. The van der Waals surface area contributed by atoms with Crippen molar-refractivity contribution < 1.29 is 18.0 Å². The zero-order valence-corrected chi connectivity index (χ0v) is 10.7. The van der Waals surface area contributed by atoms with E-state index in [0.29, 0.717) is 24.1 Å². The summed E-state index contributed by atoms with van der Waals surface area (Å²) in [5.41, 5.74) is 0.349. The van der Waals surface area contributed by atoms with E-state index in [1.807, 2.05) is 0 Å². The standard InChI is InChI=1S/C14H14F3NO/c1-10-6-7-13(14(15,16)17)9-12(10)5-3-4-8-18-11(2)19/h6-7,9H,4,8H2,1-2H3,(H,18,19). The maximum Gasteiger partial charge on any atom is 0.416 e. The van der Waals surface area contributed by atoms with E-state index in [0.717, 1.165) is 12.1 Å². The molecule has 0 spiro atoms. The molecular formula is C14H14F3NO. The average molecular weight is 269 g/mol. The van der Waals surface area contributed by atoms with Crippen LogP contribution in [-0.2, 0) is 11.0 Å². The summed E-state index contributed by atoms with van der Waals surface area (Å²) in [6, 6.07) is 3.49. The summed E-state index contributed by atoms with van der Waals surface area (Å²) in [5, 5.41) is 2.56. The number of carbonyl (C=O) groups excluding carboxylic acids is 1. The van der Waals surface area contributed by atoms with Gasteiger partial charge in [-0.25, -0.2) is 0 Å². The van der Waals surface area contributed by atoms with Gasteiger partial charge in [-0.1, -0.05) is 17.9 Å².